The van der Waals surface area contributed by atoms with E-state index >= 15 is 0 Å². The summed E-state index contributed by atoms with van der Waals surface area (Å²) in [5.41, 5.74) is 0.568. The smallest absolute Gasteiger partial charge is 0.257 e. The Labute approximate surface area is 136 Å². The first kappa shape index (κ1) is 16.7. The van der Waals surface area contributed by atoms with E-state index in [0.717, 1.165) is 25.9 Å². The van der Waals surface area contributed by atoms with Gasteiger partial charge in [0.25, 0.3) is 5.91 Å². The Hall–Kier alpha value is -1.66. The van der Waals surface area contributed by atoms with Gasteiger partial charge in [0.15, 0.2) is 5.11 Å². The van der Waals surface area contributed by atoms with Gasteiger partial charge < -0.3 is 14.4 Å². The van der Waals surface area contributed by atoms with Crippen molar-refractivity contribution in [1.82, 2.24) is 10.2 Å². The van der Waals surface area contributed by atoms with Gasteiger partial charge in [-0.15, -0.1) is 0 Å². The lowest BCUT2D eigenvalue weighted by Crippen LogP contribution is -2.44. The molecule has 2 rings (SSSR count). The van der Waals surface area contributed by atoms with Crippen molar-refractivity contribution in [3.05, 3.63) is 29.8 Å². The van der Waals surface area contributed by atoms with Crippen LogP contribution in [-0.4, -0.2) is 49.3 Å². The molecule has 1 amide bonds. The molecule has 1 N–H and O–H groups in total. The zero-order valence-corrected chi connectivity index (χ0v) is 13.7. The maximum absolute atomic E-state index is 12.2. The summed E-state index contributed by atoms with van der Waals surface area (Å²) in [5, 5.41) is 3.31. The number of hydrogen-bond donors (Lipinski definition) is 1. The number of thiocarbonyl (C=S) groups is 1. The Bertz CT molecular complexity index is 499. The van der Waals surface area contributed by atoms with Crippen molar-refractivity contribution < 1.29 is 14.3 Å². The number of nitrogens with zero attached hydrogens (tertiary/aromatic N) is 1. The van der Waals surface area contributed by atoms with Crippen molar-refractivity contribution in [3.63, 3.8) is 0 Å². The number of likely N-dealkylation sites (tertiary alicyclic amines) is 1. The number of methoxy groups -OCH3 is 1. The fraction of sp³-hybridized carbons (Fsp3) is 0.500. The van der Waals surface area contributed by atoms with Gasteiger partial charge in [-0.1, -0.05) is 0 Å². The van der Waals surface area contributed by atoms with E-state index in [4.69, 9.17) is 21.7 Å². The molecule has 0 saturated carbocycles. The van der Waals surface area contributed by atoms with Gasteiger partial charge in [0.2, 0.25) is 0 Å². The van der Waals surface area contributed by atoms with E-state index in [9.17, 15) is 4.79 Å². The number of benzene rings is 1. The van der Waals surface area contributed by atoms with Crippen molar-refractivity contribution >= 4 is 23.2 Å². The normalized spacial score (nSPS) is 14.5. The highest BCUT2D eigenvalue weighted by Gasteiger charge is 2.16. The number of carbonyl (C=O) groups is 1. The third kappa shape index (κ3) is 4.96. The summed E-state index contributed by atoms with van der Waals surface area (Å²) in [6.45, 7) is 2.87. The molecule has 0 unspecified atom stereocenters. The van der Waals surface area contributed by atoms with Gasteiger partial charge in [-0.05, 0) is 55.7 Å². The summed E-state index contributed by atoms with van der Waals surface area (Å²) in [7, 11) is 1.63. The monoisotopic (exact) mass is 322 g/mol. The third-order valence-electron chi connectivity index (χ3n) is 3.54. The first-order valence-electron chi connectivity index (χ1n) is 7.53. The van der Waals surface area contributed by atoms with Crippen LogP contribution in [0.5, 0.6) is 5.75 Å². The molecule has 6 heteroatoms. The predicted molar refractivity (Wildman–Crippen MR) is 89.3 cm³/mol. The second kappa shape index (κ2) is 8.70. The summed E-state index contributed by atoms with van der Waals surface area (Å²) >= 11 is 5.30. The number of amides is 1. The van der Waals surface area contributed by atoms with Crippen LogP contribution in [0.2, 0.25) is 0 Å². The van der Waals surface area contributed by atoms with Crippen LogP contribution in [0.15, 0.2) is 24.3 Å². The van der Waals surface area contributed by atoms with Crippen molar-refractivity contribution in [2.24, 2.45) is 0 Å². The van der Waals surface area contributed by atoms with Crippen molar-refractivity contribution in [2.75, 3.05) is 33.4 Å². The van der Waals surface area contributed by atoms with E-state index in [0.29, 0.717) is 29.6 Å². The molecular weight excluding hydrogens is 300 g/mol. The molecule has 5 nitrogen and oxygen atoms in total. The molecule has 1 aromatic carbocycles. The molecule has 1 heterocycles. The van der Waals surface area contributed by atoms with Crippen molar-refractivity contribution in [1.29, 1.82) is 0 Å². The highest BCUT2D eigenvalue weighted by molar-refractivity contribution is 7.80. The van der Waals surface area contributed by atoms with Crippen LogP contribution in [0.1, 0.15) is 29.6 Å². The van der Waals surface area contributed by atoms with E-state index < -0.39 is 0 Å². The van der Waals surface area contributed by atoms with Crippen LogP contribution in [-0.2, 0) is 4.74 Å². The van der Waals surface area contributed by atoms with Gasteiger partial charge in [0.05, 0.1) is 6.61 Å². The number of nitrogens with one attached hydrogen (secondary N) is 1. The quantitative estimate of drug-likeness (QED) is 0.665. The van der Waals surface area contributed by atoms with Gasteiger partial charge in [-0.2, -0.15) is 0 Å². The molecule has 1 aromatic rings. The minimum Gasteiger partial charge on any atom is -0.491 e. The molecule has 1 saturated heterocycles. The molecule has 1 aliphatic heterocycles. The fourth-order valence-electron chi connectivity index (χ4n) is 2.29. The van der Waals surface area contributed by atoms with E-state index in [1.807, 2.05) is 0 Å². The Balaban J connectivity index is 1.85. The third-order valence-corrected chi connectivity index (χ3v) is 3.90. The van der Waals surface area contributed by atoms with Crippen molar-refractivity contribution in [2.45, 2.75) is 19.3 Å². The number of carbonyl (C=O) groups excluding carboxylic acids is 1. The number of rotatable bonds is 5. The highest BCUT2D eigenvalue weighted by Crippen LogP contribution is 2.13. The lowest BCUT2D eigenvalue weighted by atomic mass is 10.1. The Kier molecular flexibility index (Phi) is 6.61. The maximum Gasteiger partial charge on any atom is 0.257 e. The van der Waals surface area contributed by atoms with Gasteiger partial charge in [-0.3, -0.25) is 10.1 Å². The summed E-state index contributed by atoms with van der Waals surface area (Å²) in [5.74, 6) is 0.534. The maximum atomic E-state index is 12.2. The van der Waals surface area contributed by atoms with Gasteiger partial charge in [0, 0.05) is 25.8 Å². The molecule has 0 radical (unpaired) electrons. The molecule has 0 bridgehead atoms. The van der Waals surface area contributed by atoms with Crippen molar-refractivity contribution in [3.8, 4) is 5.75 Å². The molecule has 0 aromatic heterocycles. The first-order valence-corrected chi connectivity index (χ1v) is 7.93. The van der Waals surface area contributed by atoms with Gasteiger partial charge in [-0.25, -0.2) is 0 Å². The predicted octanol–water partition coefficient (Wildman–Crippen LogP) is 2.21. The number of ether oxygens (including phenoxy) is 2. The second-order valence-corrected chi connectivity index (χ2v) is 5.56. The summed E-state index contributed by atoms with van der Waals surface area (Å²) in [4.78, 5) is 14.2. The molecule has 0 atom stereocenters. The summed E-state index contributed by atoms with van der Waals surface area (Å²) in [6.07, 6.45) is 3.49. The standard InChI is InChI=1S/C16H22N2O3S/c1-20-11-12-21-14-7-5-13(6-8-14)15(19)17-16(22)18-9-3-2-4-10-18/h5-8H,2-4,9-12H2,1H3,(H,17,19,22). The first-order chi connectivity index (χ1) is 10.7. The largest absolute Gasteiger partial charge is 0.491 e. The summed E-state index contributed by atoms with van der Waals surface area (Å²) < 4.78 is 10.4. The van der Waals surface area contributed by atoms with E-state index in [1.165, 1.54) is 6.42 Å². The average Bonchev–Trinajstić information content (AvgIpc) is 2.56. The van der Waals surface area contributed by atoms with Crippen LogP contribution < -0.4 is 10.1 Å². The van der Waals surface area contributed by atoms with Crippen LogP contribution >= 0.6 is 12.2 Å². The lowest BCUT2D eigenvalue weighted by Gasteiger charge is -2.28. The van der Waals surface area contributed by atoms with E-state index in [1.54, 1.807) is 31.4 Å². The van der Waals surface area contributed by atoms with E-state index in [2.05, 4.69) is 10.2 Å². The SMILES string of the molecule is COCCOc1ccc(C(=O)NC(=S)N2CCCCC2)cc1. The second-order valence-electron chi connectivity index (χ2n) is 5.17. The zero-order valence-electron chi connectivity index (χ0n) is 12.8. The van der Waals surface area contributed by atoms with Crippen LogP contribution in [0.4, 0.5) is 0 Å². The molecule has 120 valence electrons. The summed E-state index contributed by atoms with van der Waals surface area (Å²) in [6, 6.07) is 7.01. The Morgan fingerprint density at radius 1 is 1.18 bits per heavy atom. The molecule has 1 fully saturated rings. The van der Waals surface area contributed by atoms with E-state index in [-0.39, 0.29) is 5.91 Å². The minimum atomic E-state index is -0.181. The number of piperidine rings is 1. The molecule has 0 spiro atoms. The van der Waals surface area contributed by atoms with Crippen LogP contribution in [0, 0.1) is 0 Å². The highest BCUT2D eigenvalue weighted by atomic mass is 32.1. The number of hydrogen-bond acceptors (Lipinski definition) is 4. The topological polar surface area (TPSA) is 50.8 Å². The average molecular weight is 322 g/mol. The fourth-order valence-corrected chi connectivity index (χ4v) is 2.57. The molecule has 22 heavy (non-hydrogen) atoms. The molecular formula is C16H22N2O3S. The van der Waals surface area contributed by atoms with Crippen LogP contribution in [0.25, 0.3) is 0 Å². The van der Waals surface area contributed by atoms with Gasteiger partial charge in [0.1, 0.15) is 12.4 Å². The Morgan fingerprint density at radius 2 is 1.86 bits per heavy atom. The molecule has 1 aliphatic rings. The lowest BCUT2D eigenvalue weighted by molar-refractivity contribution is 0.0972. The minimum absolute atomic E-state index is 0.181. The van der Waals surface area contributed by atoms with Crippen LogP contribution in [0.3, 0.4) is 0 Å². The zero-order chi connectivity index (χ0) is 15.8. The Morgan fingerprint density at radius 3 is 2.50 bits per heavy atom. The molecule has 0 aliphatic carbocycles. The van der Waals surface area contributed by atoms with Gasteiger partial charge >= 0.3 is 0 Å².